The minimum Gasteiger partial charge on any atom is -0.482 e. The van der Waals surface area contributed by atoms with Crippen LogP contribution in [0.4, 0.5) is 14.6 Å². The lowest BCUT2D eigenvalue weighted by molar-refractivity contribution is 0.0726. The normalized spacial score (nSPS) is 22.0. The number of amides is 1. The molecular formula is C29H33F2N7O2S. The number of pyridine rings is 2. The summed E-state index contributed by atoms with van der Waals surface area (Å²) < 4.78 is 38.1. The fourth-order valence-corrected chi connectivity index (χ4v) is 7.19. The van der Waals surface area contributed by atoms with Crippen LogP contribution < -0.4 is 14.8 Å². The van der Waals surface area contributed by atoms with E-state index in [1.165, 1.54) is 0 Å². The van der Waals surface area contributed by atoms with E-state index in [1.54, 1.807) is 25.5 Å². The van der Waals surface area contributed by atoms with Gasteiger partial charge >= 0.3 is 6.55 Å². The SMILES string of the molecule is COc1cc(C(=O)N2C3CCC2C(N)C3)cc2nc(-c3cc4ccc(N(SC)C(F)F)nc4n3CC3CC3)c(C)n12. The van der Waals surface area contributed by atoms with E-state index >= 15 is 0 Å². The molecule has 12 heteroatoms. The number of carbonyl (C=O) groups excluding carboxylic acids is 1. The van der Waals surface area contributed by atoms with Gasteiger partial charge < -0.3 is 19.9 Å². The third kappa shape index (κ3) is 4.25. The number of halogens is 2. The number of hydrogen-bond donors (Lipinski definition) is 1. The molecule has 2 saturated heterocycles. The van der Waals surface area contributed by atoms with Crippen LogP contribution in [0.25, 0.3) is 28.1 Å². The number of alkyl halides is 2. The number of nitrogens with zero attached hydrogens (tertiary/aromatic N) is 6. The Hall–Kier alpha value is -3.38. The van der Waals surface area contributed by atoms with E-state index < -0.39 is 6.55 Å². The van der Waals surface area contributed by atoms with Gasteiger partial charge in [0.15, 0.2) is 5.88 Å². The summed E-state index contributed by atoms with van der Waals surface area (Å²) in [5.41, 5.74) is 10.6. The van der Waals surface area contributed by atoms with E-state index in [1.807, 2.05) is 34.4 Å². The van der Waals surface area contributed by atoms with E-state index in [-0.39, 0.29) is 29.9 Å². The molecule has 2 aliphatic heterocycles. The van der Waals surface area contributed by atoms with Gasteiger partial charge in [-0.05, 0) is 81.2 Å². The summed E-state index contributed by atoms with van der Waals surface area (Å²) in [5.74, 6) is 1.22. The topological polar surface area (TPSA) is 93.9 Å². The van der Waals surface area contributed by atoms with Gasteiger partial charge in [0.2, 0.25) is 0 Å². The maximum absolute atomic E-state index is 13.7. The number of fused-ring (bicyclic) bond motifs is 4. The van der Waals surface area contributed by atoms with Crippen molar-refractivity contribution < 1.29 is 18.3 Å². The zero-order valence-corrected chi connectivity index (χ0v) is 24.1. The number of aryl methyl sites for hydroxylation is 1. The molecule has 1 amide bonds. The van der Waals surface area contributed by atoms with Crippen molar-refractivity contribution in [2.24, 2.45) is 11.7 Å². The molecule has 7 rings (SSSR count). The number of methoxy groups -OCH3 is 1. The Labute approximate surface area is 240 Å². The fraction of sp³-hybridized carbons (Fsp3) is 0.483. The van der Waals surface area contributed by atoms with Crippen LogP contribution in [0.1, 0.15) is 48.2 Å². The number of hydrogen-bond acceptors (Lipinski definition) is 7. The molecule has 2 N–H and O–H groups in total. The first-order valence-electron chi connectivity index (χ1n) is 14.1. The van der Waals surface area contributed by atoms with Crippen LogP contribution in [0.15, 0.2) is 30.3 Å². The van der Waals surface area contributed by atoms with Gasteiger partial charge in [-0.25, -0.2) is 14.3 Å². The van der Waals surface area contributed by atoms with Crippen LogP contribution in [0.2, 0.25) is 0 Å². The maximum Gasteiger partial charge on any atom is 0.325 e. The quantitative estimate of drug-likeness (QED) is 0.229. The Bertz CT molecular complexity index is 1670. The van der Waals surface area contributed by atoms with Gasteiger partial charge in [0.25, 0.3) is 5.91 Å². The Morgan fingerprint density at radius 2 is 2.00 bits per heavy atom. The number of ether oxygens (including phenoxy) is 1. The number of rotatable bonds is 8. The van der Waals surface area contributed by atoms with Gasteiger partial charge in [0.1, 0.15) is 22.8 Å². The van der Waals surface area contributed by atoms with Crippen LogP contribution >= 0.6 is 11.9 Å². The molecule has 216 valence electrons. The third-order valence-electron chi connectivity index (χ3n) is 8.90. The highest BCUT2D eigenvalue weighted by molar-refractivity contribution is 7.99. The first-order valence-corrected chi connectivity index (χ1v) is 15.2. The molecule has 0 radical (unpaired) electrons. The predicted octanol–water partition coefficient (Wildman–Crippen LogP) is 5.09. The molecule has 0 spiro atoms. The second-order valence-electron chi connectivity index (χ2n) is 11.4. The molecule has 1 aliphatic carbocycles. The van der Waals surface area contributed by atoms with Gasteiger partial charge in [-0.2, -0.15) is 8.78 Å². The lowest BCUT2D eigenvalue weighted by Crippen LogP contribution is -2.40. The summed E-state index contributed by atoms with van der Waals surface area (Å²) in [4.78, 5) is 25.4. The van der Waals surface area contributed by atoms with Crippen LogP contribution in [0.5, 0.6) is 5.88 Å². The van der Waals surface area contributed by atoms with E-state index in [9.17, 15) is 13.6 Å². The maximum atomic E-state index is 13.7. The highest BCUT2D eigenvalue weighted by atomic mass is 32.2. The van der Waals surface area contributed by atoms with Gasteiger partial charge in [-0.1, -0.05) is 0 Å². The first kappa shape index (κ1) is 26.5. The van der Waals surface area contributed by atoms with Crippen molar-refractivity contribution in [2.75, 3.05) is 17.7 Å². The summed E-state index contributed by atoms with van der Waals surface area (Å²) in [6.45, 7) is 0.0384. The van der Waals surface area contributed by atoms with E-state index in [2.05, 4.69) is 9.55 Å². The molecule has 4 aromatic rings. The molecule has 6 heterocycles. The number of anilines is 1. The van der Waals surface area contributed by atoms with Gasteiger partial charge in [0, 0.05) is 47.9 Å². The Morgan fingerprint density at radius 1 is 1.20 bits per heavy atom. The standard InChI is InChI=1S/C29H33F2N7O2S/c1-15-26(22-10-17-6-9-23(38(41-3)29(30)31)34-27(17)35(22)14-16-4-5-16)33-24-11-18(12-25(40-2)36(15)24)28(39)37-19-7-8-21(37)20(32)13-19/h6,9-12,16,19-21,29H,4-5,7-8,13-14,32H2,1-3H3. The fourth-order valence-electron chi connectivity index (χ4n) is 6.75. The summed E-state index contributed by atoms with van der Waals surface area (Å²) in [5, 5.41) is 0.861. The lowest BCUT2D eigenvalue weighted by atomic mass is 9.97. The van der Waals surface area contributed by atoms with E-state index in [4.69, 9.17) is 15.5 Å². The number of imidazole rings is 1. The Morgan fingerprint density at radius 3 is 2.63 bits per heavy atom. The summed E-state index contributed by atoms with van der Waals surface area (Å²) >= 11 is 0.945. The molecule has 9 nitrogen and oxygen atoms in total. The van der Waals surface area contributed by atoms with Gasteiger partial charge in [-0.15, -0.1) is 0 Å². The largest absolute Gasteiger partial charge is 0.482 e. The second kappa shape index (κ2) is 9.87. The predicted molar refractivity (Wildman–Crippen MR) is 156 cm³/mol. The zero-order chi connectivity index (χ0) is 28.6. The smallest absolute Gasteiger partial charge is 0.325 e. The van der Waals surface area contributed by atoms with Crippen LogP contribution in [0.3, 0.4) is 0 Å². The first-order chi connectivity index (χ1) is 19.8. The Kier molecular flexibility index (Phi) is 6.38. The summed E-state index contributed by atoms with van der Waals surface area (Å²) in [6.07, 6.45) is 6.63. The van der Waals surface area contributed by atoms with Crippen molar-refractivity contribution in [3.8, 4) is 17.3 Å². The minimum absolute atomic E-state index is 0.0230. The number of carbonyl (C=O) groups is 1. The van der Waals surface area contributed by atoms with Crippen molar-refractivity contribution in [3.05, 3.63) is 41.6 Å². The number of aromatic nitrogens is 4. The van der Waals surface area contributed by atoms with Crippen molar-refractivity contribution in [1.82, 2.24) is 23.8 Å². The third-order valence-corrected chi connectivity index (χ3v) is 9.64. The van der Waals surface area contributed by atoms with Crippen LogP contribution in [-0.4, -0.2) is 67.8 Å². The molecule has 3 unspecified atom stereocenters. The van der Waals surface area contributed by atoms with Crippen molar-refractivity contribution in [1.29, 1.82) is 0 Å². The highest BCUT2D eigenvalue weighted by Gasteiger charge is 2.47. The monoisotopic (exact) mass is 581 g/mol. The van der Waals surface area contributed by atoms with Crippen molar-refractivity contribution in [3.63, 3.8) is 0 Å². The molecule has 4 aromatic heterocycles. The van der Waals surface area contributed by atoms with E-state index in [0.717, 1.165) is 77.4 Å². The molecule has 2 bridgehead atoms. The van der Waals surface area contributed by atoms with Crippen molar-refractivity contribution >= 4 is 40.4 Å². The summed E-state index contributed by atoms with van der Waals surface area (Å²) in [7, 11) is 1.59. The number of nitrogens with two attached hydrogens (primary N) is 1. The van der Waals surface area contributed by atoms with Crippen LogP contribution in [-0.2, 0) is 6.54 Å². The molecular weight excluding hydrogens is 548 g/mol. The molecule has 3 fully saturated rings. The highest BCUT2D eigenvalue weighted by Crippen LogP contribution is 2.40. The average molecular weight is 582 g/mol. The van der Waals surface area contributed by atoms with Crippen LogP contribution in [0, 0.1) is 12.8 Å². The minimum atomic E-state index is -2.67. The van der Waals surface area contributed by atoms with Gasteiger partial charge in [-0.3, -0.25) is 9.20 Å². The Balaban J connectivity index is 1.35. The van der Waals surface area contributed by atoms with Crippen molar-refractivity contribution in [2.45, 2.75) is 70.2 Å². The van der Waals surface area contributed by atoms with Gasteiger partial charge in [0.05, 0.1) is 18.5 Å². The molecule has 3 aliphatic rings. The molecule has 1 saturated carbocycles. The van der Waals surface area contributed by atoms with E-state index in [0.29, 0.717) is 28.7 Å². The lowest BCUT2D eigenvalue weighted by Gasteiger charge is -2.23. The second-order valence-corrected chi connectivity index (χ2v) is 12.1. The summed E-state index contributed by atoms with van der Waals surface area (Å²) in [6, 6.07) is 9.39. The zero-order valence-electron chi connectivity index (χ0n) is 23.3. The average Bonchev–Trinajstić information content (AvgIpc) is 3.28. The molecule has 0 aromatic carbocycles. The molecule has 41 heavy (non-hydrogen) atoms. The molecule has 3 atom stereocenters.